The number of amides is 1. The Balaban J connectivity index is 2.73. The quantitative estimate of drug-likeness (QED) is 0.128. The fraction of sp³-hybridized carbons (Fsp3) is 0.688. The molecule has 1 aromatic rings. The number of aliphatic hydroxyl groups is 1. The average molecular weight is 578 g/mol. The van der Waals surface area contributed by atoms with Crippen LogP contribution in [-0.4, -0.2) is 72.6 Å². The van der Waals surface area contributed by atoms with E-state index in [1.54, 1.807) is 20.9 Å². The summed E-state index contributed by atoms with van der Waals surface area (Å²) in [4.78, 5) is 49.5. The highest BCUT2D eigenvalue weighted by Crippen LogP contribution is 2.27. The molecule has 41 heavy (non-hydrogen) atoms. The zero-order chi connectivity index (χ0) is 30.9. The maximum absolute atomic E-state index is 13.1. The summed E-state index contributed by atoms with van der Waals surface area (Å²) in [5.74, 6) is -2.10. The number of aliphatic hydroxyl groups excluding tert-OH is 1. The Morgan fingerprint density at radius 2 is 1.63 bits per heavy atom. The van der Waals surface area contributed by atoms with Gasteiger partial charge < -0.3 is 24.2 Å². The summed E-state index contributed by atoms with van der Waals surface area (Å²) in [6.45, 7) is 11.8. The molecule has 0 fully saturated rings. The van der Waals surface area contributed by atoms with Gasteiger partial charge in [-0.05, 0) is 30.2 Å². The van der Waals surface area contributed by atoms with Gasteiger partial charge in [0.2, 0.25) is 6.41 Å². The SMILES string of the molecule is CCC(=O)OC(CCOCc1ccccc1)C(C)C(O)C(C)CCC(=O)C(C)C(OC(C)=O)C(C)CCN(C)C=O. The fourth-order valence-corrected chi connectivity index (χ4v) is 4.86. The minimum absolute atomic E-state index is 0.0539. The molecule has 0 bridgehead atoms. The summed E-state index contributed by atoms with van der Waals surface area (Å²) >= 11 is 0. The molecule has 1 rings (SSSR count). The predicted molar refractivity (Wildman–Crippen MR) is 157 cm³/mol. The maximum Gasteiger partial charge on any atom is 0.305 e. The molecule has 0 saturated carbocycles. The number of hydrogen-bond acceptors (Lipinski definition) is 8. The Hall–Kier alpha value is -2.78. The summed E-state index contributed by atoms with van der Waals surface area (Å²) in [7, 11) is 1.67. The first kappa shape index (κ1) is 36.2. The Labute approximate surface area is 245 Å². The van der Waals surface area contributed by atoms with Crippen LogP contribution in [0.1, 0.15) is 79.2 Å². The molecule has 0 aliphatic rings. The zero-order valence-corrected chi connectivity index (χ0v) is 25.9. The second-order valence-electron chi connectivity index (χ2n) is 11.3. The van der Waals surface area contributed by atoms with Gasteiger partial charge in [0, 0.05) is 45.7 Å². The molecule has 0 heterocycles. The van der Waals surface area contributed by atoms with Gasteiger partial charge in [0.05, 0.1) is 25.2 Å². The van der Waals surface area contributed by atoms with Crippen molar-refractivity contribution < 1.29 is 38.5 Å². The Bertz CT molecular complexity index is 924. The summed E-state index contributed by atoms with van der Waals surface area (Å²) < 4.78 is 17.0. The van der Waals surface area contributed by atoms with E-state index in [1.807, 2.05) is 51.1 Å². The van der Waals surface area contributed by atoms with Crippen LogP contribution in [0.3, 0.4) is 0 Å². The van der Waals surface area contributed by atoms with Crippen LogP contribution in [0, 0.1) is 23.7 Å². The number of esters is 2. The first-order valence-electron chi connectivity index (χ1n) is 14.8. The lowest BCUT2D eigenvalue weighted by Gasteiger charge is -2.32. The Kier molecular flexibility index (Phi) is 17.1. The van der Waals surface area contributed by atoms with E-state index >= 15 is 0 Å². The highest BCUT2D eigenvalue weighted by molar-refractivity contribution is 5.81. The number of benzene rings is 1. The molecule has 7 unspecified atom stereocenters. The first-order chi connectivity index (χ1) is 19.4. The Morgan fingerprint density at radius 3 is 2.22 bits per heavy atom. The second-order valence-corrected chi connectivity index (χ2v) is 11.3. The van der Waals surface area contributed by atoms with Crippen LogP contribution in [0.4, 0.5) is 0 Å². The van der Waals surface area contributed by atoms with Crippen molar-refractivity contribution in [3.05, 3.63) is 35.9 Å². The molecule has 0 saturated heterocycles. The van der Waals surface area contributed by atoms with Gasteiger partial charge in [-0.1, -0.05) is 65.0 Å². The first-order valence-corrected chi connectivity index (χ1v) is 14.8. The van der Waals surface area contributed by atoms with Crippen LogP contribution >= 0.6 is 0 Å². The van der Waals surface area contributed by atoms with Crippen molar-refractivity contribution in [1.82, 2.24) is 4.90 Å². The fourth-order valence-electron chi connectivity index (χ4n) is 4.86. The molecular weight excluding hydrogens is 526 g/mol. The van der Waals surface area contributed by atoms with Crippen LogP contribution in [0.2, 0.25) is 0 Å². The van der Waals surface area contributed by atoms with Gasteiger partial charge in [0.15, 0.2) is 0 Å². The van der Waals surface area contributed by atoms with E-state index in [0.29, 0.717) is 39.0 Å². The zero-order valence-electron chi connectivity index (χ0n) is 25.9. The number of ketones is 1. The topological polar surface area (TPSA) is 119 Å². The lowest BCUT2D eigenvalue weighted by Crippen LogP contribution is -2.38. The van der Waals surface area contributed by atoms with Crippen LogP contribution in [-0.2, 0) is 40.0 Å². The summed E-state index contributed by atoms with van der Waals surface area (Å²) in [5.41, 5.74) is 1.05. The van der Waals surface area contributed by atoms with Crippen LogP contribution < -0.4 is 0 Å². The third-order valence-electron chi connectivity index (χ3n) is 7.76. The molecule has 7 atom stereocenters. The molecular formula is C32H51NO8. The van der Waals surface area contributed by atoms with E-state index in [9.17, 15) is 24.3 Å². The molecule has 0 aliphatic heterocycles. The van der Waals surface area contributed by atoms with Crippen LogP contribution in [0.15, 0.2) is 30.3 Å². The van der Waals surface area contributed by atoms with E-state index < -0.39 is 30.2 Å². The highest BCUT2D eigenvalue weighted by Gasteiger charge is 2.34. The van der Waals surface area contributed by atoms with Gasteiger partial charge in [-0.2, -0.15) is 0 Å². The van der Waals surface area contributed by atoms with Crippen molar-refractivity contribution in [1.29, 1.82) is 0 Å². The number of hydrogen-bond donors (Lipinski definition) is 1. The minimum Gasteiger partial charge on any atom is -0.462 e. The Morgan fingerprint density at radius 1 is 0.976 bits per heavy atom. The van der Waals surface area contributed by atoms with Crippen molar-refractivity contribution in [2.75, 3.05) is 20.2 Å². The van der Waals surface area contributed by atoms with E-state index in [1.165, 1.54) is 11.8 Å². The summed E-state index contributed by atoms with van der Waals surface area (Å²) in [6, 6.07) is 9.79. The maximum atomic E-state index is 13.1. The van der Waals surface area contributed by atoms with Gasteiger partial charge >= 0.3 is 11.9 Å². The average Bonchev–Trinajstić information content (AvgIpc) is 2.97. The molecule has 0 radical (unpaired) electrons. The van der Waals surface area contributed by atoms with Crippen molar-refractivity contribution in [3.63, 3.8) is 0 Å². The third kappa shape index (κ3) is 13.6. The van der Waals surface area contributed by atoms with Gasteiger partial charge in [-0.25, -0.2) is 0 Å². The van der Waals surface area contributed by atoms with Crippen molar-refractivity contribution in [3.8, 4) is 0 Å². The molecule has 232 valence electrons. The molecule has 1 aromatic carbocycles. The van der Waals surface area contributed by atoms with Crippen LogP contribution in [0.5, 0.6) is 0 Å². The molecule has 0 aliphatic carbocycles. The molecule has 1 N–H and O–H groups in total. The number of carbonyl (C=O) groups excluding carboxylic acids is 4. The van der Waals surface area contributed by atoms with E-state index in [2.05, 4.69) is 0 Å². The molecule has 9 heteroatoms. The monoisotopic (exact) mass is 577 g/mol. The number of nitrogens with zero attached hydrogens (tertiary/aromatic N) is 1. The number of Topliss-reactive ketones (excluding diaryl/α,β-unsaturated/α-hetero) is 1. The molecule has 1 amide bonds. The predicted octanol–water partition coefficient (Wildman–Crippen LogP) is 4.58. The minimum atomic E-state index is -0.802. The smallest absolute Gasteiger partial charge is 0.305 e. The number of ether oxygens (including phenoxy) is 3. The van der Waals surface area contributed by atoms with E-state index in [4.69, 9.17) is 14.2 Å². The third-order valence-corrected chi connectivity index (χ3v) is 7.76. The molecule has 9 nitrogen and oxygen atoms in total. The lowest BCUT2D eigenvalue weighted by atomic mass is 9.82. The van der Waals surface area contributed by atoms with E-state index in [-0.39, 0.29) is 42.3 Å². The standard InChI is InChI=1S/C32H51NO8/c1-8-30(37)41-29(17-19-39-20-27-12-10-9-11-13-27)25(5)31(38)22(2)14-15-28(36)24(4)32(40-26(6)35)23(3)16-18-33(7)21-34/h9-13,21-25,29,31-32,38H,8,14-20H2,1-7H3. The lowest BCUT2D eigenvalue weighted by molar-refractivity contribution is -0.156. The number of rotatable bonds is 21. The van der Waals surface area contributed by atoms with Crippen molar-refractivity contribution >= 4 is 24.1 Å². The molecule has 0 aromatic heterocycles. The second kappa shape index (κ2) is 19.4. The van der Waals surface area contributed by atoms with Crippen LogP contribution in [0.25, 0.3) is 0 Å². The number of carbonyl (C=O) groups is 4. The van der Waals surface area contributed by atoms with E-state index in [0.717, 1.165) is 12.0 Å². The highest BCUT2D eigenvalue weighted by atomic mass is 16.5. The van der Waals surface area contributed by atoms with Gasteiger partial charge in [-0.15, -0.1) is 0 Å². The van der Waals surface area contributed by atoms with Crippen molar-refractivity contribution in [2.24, 2.45) is 23.7 Å². The van der Waals surface area contributed by atoms with Gasteiger partial charge in [0.1, 0.15) is 18.0 Å². The molecule has 0 spiro atoms. The normalized spacial score (nSPS) is 16.4. The summed E-state index contributed by atoms with van der Waals surface area (Å²) in [6.07, 6.45) is 0.722. The largest absolute Gasteiger partial charge is 0.462 e. The van der Waals surface area contributed by atoms with Gasteiger partial charge in [0.25, 0.3) is 0 Å². The summed E-state index contributed by atoms with van der Waals surface area (Å²) in [5, 5.41) is 11.1. The van der Waals surface area contributed by atoms with Crippen molar-refractivity contribution in [2.45, 2.75) is 98.6 Å². The van der Waals surface area contributed by atoms with Gasteiger partial charge in [-0.3, -0.25) is 19.2 Å².